The fourth-order valence-corrected chi connectivity index (χ4v) is 2.27. The molecule has 0 spiro atoms. The first-order valence-corrected chi connectivity index (χ1v) is 7.25. The average molecular weight is 292 g/mol. The number of rotatable bonds is 8. The summed E-state index contributed by atoms with van der Waals surface area (Å²) in [5.41, 5.74) is 6.75. The maximum atomic E-state index is 12.0. The van der Waals surface area contributed by atoms with Crippen molar-refractivity contribution in [2.24, 2.45) is 11.8 Å². The fraction of sp³-hybridized carbons (Fsp3) is 0.500. The van der Waals surface area contributed by atoms with Crippen molar-refractivity contribution in [3.63, 3.8) is 0 Å². The van der Waals surface area contributed by atoms with Crippen molar-refractivity contribution < 1.29 is 14.7 Å². The number of nitrogens with two attached hydrogens (primary N) is 1. The number of carboxylic acid groups (broad SMARTS) is 1. The first kappa shape index (κ1) is 17.0. The van der Waals surface area contributed by atoms with Gasteiger partial charge >= 0.3 is 5.97 Å². The molecular formula is C16H24N2O3. The molecule has 4 N–H and O–H groups in total. The Labute approximate surface area is 125 Å². The Bertz CT molecular complexity index is 486. The number of aliphatic carboxylic acids is 1. The van der Waals surface area contributed by atoms with Crippen molar-refractivity contribution in [2.75, 3.05) is 12.3 Å². The number of hydrogen-bond acceptors (Lipinski definition) is 3. The highest BCUT2D eigenvalue weighted by Crippen LogP contribution is 2.20. The van der Waals surface area contributed by atoms with Gasteiger partial charge < -0.3 is 16.2 Å². The third kappa shape index (κ3) is 6.29. The van der Waals surface area contributed by atoms with Crippen LogP contribution in [0.4, 0.5) is 5.69 Å². The van der Waals surface area contributed by atoms with E-state index in [1.54, 1.807) is 24.3 Å². The zero-order chi connectivity index (χ0) is 15.8. The normalized spacial score (nSPS) is 12.1. The van der Waals surface area contributed by atoms with Crippen LogP contribution in [0.15, 0.2) is 24.3 Å². The predicted molar refractivity (Wildman–Crippen MR) is 83.0 cm³/mol. The molecule has 5 heteroatoms. The van der Waals surface area contributed by atoms with Crippen molar-refractivity contribution in [1.82, 2.24) is 5.32 Å². The minimum Gasteiger partial charge on any atom is -0.481 e. The van der Waals surface area contributed by atoms with Crippen molar-refractivity contribution in [3.05, 3.63) is 29.8 Å². The Balaban J connectivity index is 2.43. The quantitative estimate of drug-likeness (QED) is 0.642. The van der Waals surface area contributed by atoms with Gasteiger partial charge in [0.25, 0.3) is 5.91 Å². The molecule has 0 bridgehead atoms. The van der Waals surface area contributed by atoms with Crippen LogP contribution in [0.1, 0.15) is 43.5 Å². The minimum atomic E-state index is -0.774. The number of hydrogen-bond donors (Lipinski definition) is 3. The molecule has 0 aromatic heterocycles. The average Bonchev–Trinajstić information content (AvgIpc) is 2.41. The first-order chi connectivity index (χ1) is 9.90. The number of carbonyl (C=O) groups is 2. The van der Waals surface area contributed by atoms with Gasteiger partial charge in [-0.3, -0.25) is 9.59 Å². The van der Waals surface area contributed by atoms with Crippen molar-refractivity contribution >= 4 is 17.6 Å². The van der Waals surface area contributed by atoms with E-state index in [9.17, 15) is 9.59 Å². The highest BCUT2D eigenvalue weighted by atomic mass is 16.4. The molecule has 116 valence electrons. The molecule has 0 aliphatic rings. The van der Waals surface area contributed by atoms with Gasteiger partial charge in [0.1, 0.15) is 0 Å². The van der Waals surface area contributed by atoms with Crippen LogP contribution in [0, 0.1) is 11.8 Å². The van der Waals surface area contributed by atoms with Gasteiger partial charge in [0.05, 0.1) is 0 Å². The molecule has 0 aliphatic carbocycles. The number of nitrogen functional groups attached to an aromatic ring is 1. The number of anilines is 1. The van der Waals surface area contributed by atoms with Crippen LogP contribution in [0.3, 0.4) is 0 Å². The van der Waals surface area contributed by atoms with E-state index in [2.05, 4.69) is 19.2 Å². The standard InChI is InChI=1S/C16H24N2O3/c1-11(2)12(6-7-15(19)20)8-9-18-16(21)13-4-3-5-14(17)10-13/h3-5,10-12H,6-9,17H2,1-2H3,(H,18,21)(H,19,20). The molecule has 5 nitrogen and oxygen atoms in total. The molecule has 1 rings (SSSR count). The number of benzene rings is 1. The van der Waals surface area contributed by atoms with Crippen LogP contribution < -0.4 is 11.1 Å². The zero-order valence-corrected chi connectivity index (χ0v) is 12.6. The molecule has 1 unspecified atom stereocenters. The Hall–Kier alpha value is -2.04. The molecule has 0 saturated heterocycles. The van der Waals surface area contributed by atoms with Gasteiger partial charge in [-0.25, -0.2) is 0 Å². The predicted octanol–water partition coefficient (Wildman–Crippen LogP) is 2.53. The van der Waals surface area contributed by atoms with Crippen LogP contribution in [0.5, 0.6) is 0 Å². The summed E-state index contributed by atoms with van der Waals surface area (Å²) in [6, 6.07) is 6.83. The van der Waals surface area contributed by atoms with Crippen LogP contribution in [0.2, 0.25) is 0 Å². The van der Waals surface area contributed by atoms with Crippen molar-refractivity contribution in [3.8, 4) is 0 Å². The van der Waals surface area contributed by atoms with E-state index in [0.717, 1.165) is 6.42 Å². The lowest BCUT2D eigenvalue weighted by Crippen LogP contribution is -2.27. The van der Waals surface area contributed by atoms with Gasteiger partial charge in [0.2, 0.25) is 0 Å². The molecule has 0 radical (unpaired) electrons. The van der Waals surface area contributed by atoms with E-state index < -0.39 is 5.97 Å². The third-order valence-electron chi connectivity index (χ3n) is 3.62. The second-order valence-electron chi connectivity index (χ2n) is 5.61. The maximum Gasteiger partial charge on any atom is 0.303 e. The summed E-state index contributed by atoms with van der Waals surface area (Å²) in [6.07, 6.45) is 1.59. The molecule has 1 amide bonds. The van der Waals surface area contributed by atoms with E-state index >= 15 is 0 Å². The van der Waals surface area contributed by atoms with Gasteiger partial charge in [-0.1, -0.05) is 19.9 Å². The monoisotopic (exact) mass is 292 g/mol. The Morgan fingerprint density at radius 3 is 2.57 bits per heavy atom. The van der Waals surface area contributed by atoms with Gasteiger partial charge in [0, 0.05) is 24.2 Å². The van der Waals surface area contributed by atoms with Crippen molar-refractivity contribution in [2.45, 2.75) is 33.1 Å². The summed E-state index contributed by atoms with van der Waals surface area (Å²) in [7, 11) is 0. The summed E-state index contributed by atoms with van der Waals surface area (Å²) >= 11 is 0. The minimum absolute atomic E-state index is 0.150. The molecule has 1 atom stereocenters. The topological polar surface area (TPSA) is 92.4 Å². The molecule has 1 aromatic carbocycles. The van der Waals surface area contributed by atoms with Gasteiger partial charge in [-0.2, -0.15) is 0 Å². The molecule has 21 heavy (non-hydrogen) atoms. The smallest absolute Gasteiger partial charge is 0.303 e. The highest BCUT2D eigenvalue weighted by molar-refractivity contribution is 5.94. The summed E-state index contributed by atoms with van der Waals surface area (Å²) in [6.45, 7) is 4.69. The van der Waals surface area contributed by atoms with Crippen LogP contribution in [-0.4, -0.2) is 23.5 Å². The Kier molecular flexibility index (Phi) is 6.72. The SMILES string of the molecule is CC(C)C(CCNC(=O)c1cccc(N)c1)CCC(=O)O. The summed E-state index contributed by atoms with van der Waals surface area (Å²) in [4.78, 5) is 22.6. The van der Waals surface area contributed by atoms with Crippen LogP contribution >= 0.6 is 0 Å². The largest absolute Gasteiger partial charge is 0.481 e. The fourth-order valence-electron chi connectivity index (χ4n) is 2.27. The van der Waals surface area contributed by atoms with Crippen LogP contribution in [0.25, 0.3) is 0 Å². The summed E-state index contributed by atoms with van der Waals surface area (Å²) in [5.74, 6) is -0.233. The first-order valence-electron chi connectivity index (χ1n) is 7.25. The zero-order valence-electron chi connectivity index (χ0n) is 12.6. The maximum absolute atomic E-state index is 12.0. The molecule has 0 aliphatic heterocycles. The van der Waals surface area contributed by atoms with E-state index in [4.69, 9.17) is 10.8 Å². The van der Waals surface area contributed by atoms with Gasteiger partial charge in [-0.15, -0.1) is 0 Å². The van der Waals surface area contributed by atoms with E-state index in [1.165, 1.54) is 0 Å². The second-order valence-corrected chi connectivity index (χ2v) is 5.61. The van der Waals surface area contributed by atoms with E-state index in [1.807, 2.05) is 0 Å². The highest BCUT2D eigenvalue weighted by Gasteiger charge is 2.15. The second kappa shape index (κ2) is 8.29. The lowest BCUT2D eigenvalue weighted by atomic mass is 9.88. The Morgan fingerprint density at radius 2 is 2.00 bits per heavy atom. The Morgan fingerprint density at radius 1 is 1.29 bits per heavy atom. The molecular weight excluding hydrogens is 268 g/mol. The third-order valence-corrected chi connectivity index (χ3v) is 3.62. The lowest BCUT2D eigenvalue weighted by molar-refractivity contribution is -0.137. The molecule has 0 heterocycles. The lowest BCUT2D eigenvalue weighted by Gasteiger charge is -2.20. The molecule has 0 fully saturated rings. The van der Waals surface area contributed by atoms with Gasteiger partial charge in [0.15, 0.2) is 0 Å². The van der Waals surface area contributed by atoms with Crippen LogP contribution in [-0.2, 0) is 4.79 Å². The number of carboxylic acids is 1. The molecule has 1 aromatic rings. The summed E-state index contributed by atoms with van der Waals surface area (Å²) in [5, 5.41) is 11.6. The molecule has 0 saturated carbocycles. The van der Waals surface area contributed by atoms with E-state index in [-0.39, 0.29) is 12.3 Å². The van der Waals surface area contributed by atoms with Crippen molar-refractivity contribution in [1.29, 1.82) is 0 Å². The van der Waals surface area contributed by atoms with Gasteiger partial charge in [-0.05, 0) is 42.9 Å². The summed E-state index contributed by atoms with van der Waals surface area (Å²) < 4.78 is 0. The van der Waals surface area contributed by atoms with E-state index in [0.29, 0.717) is 36.1 Å². The number of nitrogens with one attached hydrogen (secondary N) is 1. The number of amides is 1. The number of carbonyl (C=O) groups excluding carboxylic acids is 1.